The summed E-state index contributed by atoms with van der Waals surface area (Å²) < 4.78 is 11.0. The fraction of sp³-hybridized carbons (Fsp3) is 0.385. The standard InChI is InChI=1S/C26H28ClNO4S/c1-15(2)31-10-11-32-26(30)23-16(3)28-20-13-18(22-5-4-12-33-22)14-21(29)25(20)24(23)17-6-8-19(27)9-7-17/h4-9,12,15,18,24,28H,10-11,13-14H2,1-3H3/t18-,24+/m0/s1. The van der Waals surface area contributed by atoms with Crippen molar-refractivity contribution in [3.63, 3.8) is 0 Å². The van der Waals surface area contributed by atoms with E-state index in [0.29, 0.717) is 34.9 Å². The Morgan fingerprint density at radius 1 is 1.18 bits per heavy atom. The van der Waals surface area contributed by atoms with E-state index in [0.717, 1.165) is 17.7 Å². The third kappa shape index (κ3) is 5.24. The molecule has 1 aliphatic heterocycles. The summed E-state index contributed by atoms with van der Waals surface area (Å²) in [6.45, 7) is 6.21. The van der Waals surface area contributed by atoms with Crippen LogP contribution in [0.25, 0.3) is 0 Å². The quantitative estimate of drug-likeness (QED) is 0.400. The summed E-state index contributed by atoms with van der Waals surface area (Å²) in [4.78, 5) is 27.9. The van der Waals surface area contributed by atoms with Crippen LogP contribution < -0.4 is 5.32 Å². The Morgan fingerprint density at radius 2 is 1.94 bits per heavy atom. The van der Waals surface area contributed by atoms with E-state index in [-0.39, 0.29) is 24.4 Å². The number of hydrogen-bond acceptors (Lipinski definition) is 6. The molecule has 0 unspecified atom stereocenters. The fourth-order valence-electron chi connectivity index (χ4n) is 4.52. The van der Waals surface area contributed by atoms with E-state index in [9.17, 15) is 9.59 Å². The van der Waals surface area contributed by atoms with Crippen molar-refractivity contribution in [2.75, 3.05) is 13.2 Å². The zero-order valence-corrected chi connectivity index (χ0v) is 20.6. The third-order valence-electron chi connectivity index (χ3n) is 5.96. The summed E-state index contributed by atoms with van der Waals surface area (Å²) in [5.74, 6) is -0.729. The lowest BCUT2D eigenvalue weighted by atomic mass is 9.72. The summed E-state index contributed by atoms with van der Waals surface area (Å²) >= 11 is 7.80. The molecule has 1 N–H and O–H groups in total. The van der Waals surface area contributed by atoms with Gasteiger partial charge in [-0.25, -0.2) is 4.79 Å². The minimum atomic E-state index is -0.492. The minimum Gasteiger partial charge on any atom is -0.460 e. The molecule has 0 saturated heterocycles. The smallest absolute Gasteiger partial charge is 0.336 e. The maximum Gasteiger partial charge on any atom is 0.336 e. The second-order valence-corrected chi connectivity index (χ2v) is 10.1. The lowest BCUT2D eigenvalue weighted by Crippen LogP contribution is -2.36. The highest BCUT2D eigenvalue weighted by Crippen LogP contribution is 2.46. The number of carbonyl (C=O) groups is 2. The number of rotatable bonds is 7. The highest BCUT2D eigenvalue weighted by atomic mass is 35.5. The number of dihydropyridines is 1. The molecular formula is C26H28ClNO4S. The third-order valence-corrected chi connectivity index (χ3v) is 7.25. The van der Waals surface area contributed by atoms with Gasteiger partial charge >= 0.3 is 5.97 Å². The number of Topliss-reactive ketones (excluding diaryl/α,β-unsaturated/α-hetero) is 1. The van der Waals surface area contributed by atoms with Crippen molar-refractivity contribution >= 4 is 34.7 Å². The zero-order valence-electron chi connectivity index (χ0n) is 19.0. The topological polar surface area (TPSA) is 64.6 Å². The summed E-state index contributed by atoms with van der Waals surface area (Å²) in [6.07, 6.45) is 1.22. The van der Waals surface area contributed by atoms with E-state index in [4.69, 9.17) is 21.1 Å². The molecule has 2 aliphatic rings. The Morgan fingerprint density at radius 3 is 2.61 bits per heavy atom. The number of carbonyl (C=O) groups excluding carboxylic acids is 2. The van der Waals surface area contributed by atoms with Crippen LogP contribution in [0, 0.1) is 0 Å². The van der Waals surface area contributed by atoms with Crippen molar-refractivity contribution in [2.24, 2.45) is 0 Å². The SMILES string of the molecule is CC1=C(C(=O)OCCOC(C)C)[C@@H](c2ccc(Cl)cc2)C2=C(C[C@H](c3cccs3)CC2=O)N1. The molecule has 5 nitrogen and oxygen atoms in total. The van der Waals surface area contributed by atoms with Gasteiger partial charge in [-0.05, 0) is 56.3 Å². The highest BCUT2D eigenvalue weighted by molar-refractivity contribution is 7.10. The van der Waals surface area contributed by atoms with Gasteiger partial charge in [0.05, 0.1) is 18.3 Å². The van der Waals surface area contributed by atoms with Crippen molar-refractivity contribution in [3.05, 3.63) is 79.8 Å². The predicted octanol–water partition coefficient (Wildman–Crippen LogP) is 5.73. The van der Waals surface area contributed by atoms with E-state index in [2.05, 4.69) is 11.4 Å². The van der Waals surface area contributed by atoms with E-state index in [1.807, 2.05) is 44.4 Å². The van der Waals surface area contributed by atoms with Gasteiger partial charge in [-0.1, -0.05) is 29.8 Å². The summed E-state index contributed by atoms with van der Waals surface area (Å²) in [5.41, 5.74) is 3.57. The number of halogens is 1. The molecule has 2 heterocycles. The van der Waals surface area contributed by atoms with Crippen LogP contribution in [-0.4, -0.2) is 31.1 Å². The molecule has 0 saturated carbocycles. The van der Waals surface area contributed by atoms with Crippen LogP contribution in [0.5, 0.6) is 0 Å². The van der Waals surface area contributed by atoms with Crippen LogP contribution in [0.4, 0.5) is 0 Å². The molecule has 1 aromatic heterocycles. The summed E-state index contributed by atoms with van der Waals surface area (Å²) in [7, 11) is 0. The molecule has 2 atom stereocenters. The van der Waals surface area contributed by atoms with Gasteiger partial charge in [0.15, 0.2) is 5.78 Å². The van der Waals surface area contributed by atoms with Crippen molar-refractivity contribution in [2.45, 2.75) is 51.6 Å². The first-order valence-corrected chi connectivity index (χ1v) is 12.4. The number of thiophene rings is 1. The van der Waals surface area contributed by atoms with Crippen LogP contribution in [0.1, 0.15) is 55.9 Å². The molecule has 2 aromatic rings. The molecule has 0 fully saturated rings. The maximum atomic E-state index is 13.5. The minimum absolute atomic E-state index is 0.0584. The van der Waals surface area contributed by atoms with Crippen LogP contribution in [0.2, 0.25) is 5.02 Å². The highest BCUT2D eigenvalue weighted by Gasteiger charge is 2.41. The van der Waals surface area contributed by atoms with Crippen molar-refractivity contribution in [3.8, 4) is 0 Å². The number of ether oxygens (including phenoxy) is 2. The molecule has 0 spiro atoms. The van der Waals surface area contributed by atoms with Gasteiger partial charge in [0.1, 0.15) is 6.61 Å². The molecule has 0 bridgehead atoms. The average Bonchev–Trinajstić information content (AvgIpc) is 3.31. The predicted molar refractivity (Wildman–Crippen MR) is 130 cm³/mol. The van der Waals surface area contributed by atoms with Gasteiger partial charge in [0.25, 0.3) is 0 Å². The lowest BCUT2D eigenvalue weighted by Gasteiger charge is -2.36. The Labute approximate surface area is 203 Å². The molecule has 4 rings (SSSR count). The van der Waals surface area contributed by atoms with E-state index in [1.54, 1.807) is 23.5 Å². The number of ketones is 1. The summed E-state index contributed by atoms with van der Waals surface area (Å²) in [5, 5.41) is 6.02. The normalized spacial score (nSPS) is 20.7. The first-order chi connectivity index (χ1) is 15.8. The molecule has 1 aromatic carbocycles. The first kappa shape index (κ1) is 23.7. The second-order valence-electron chi connectivity index (χ2n) is 8.64. The first-order valence-electron chi connectivity index (χ1n) is 11.2. The summed E-state index contributed by atoms with van der Waals surface area (Å²) in [6, 6.07) is 11.4. The van der Waals surface area contributed by atoms with Crippen LogP contribution >= 0.6 is 22.9 Å². The average molecular weight is 486 g/mol. The Hall–Kier alpha value is -2.41. The van der Waals surface area contributed by atoms with Crippen molar-refractivity contribution in [1.82, 2.24) is 5.32 Å². The second kappa shape index (κ2) is 10.2. The van der Waals surface area contributed by atoms with Crippen LogP contribution in [0.3, 0.4) is 0 Å². The fourth-order valence-corrected chi connectivity index (χ4v) is 5.48. The number of benzene rings is 1. The number of allylic oxidation sites excluding steroid dienone is 3. The molecule has 33 heavy (non-hydrogen) atoms. The van der Waals surface area contributed by atoms with Gasteiger partial charge in [-0.2, -0.15) is 0 Å². The number of nitrogens with one attached hydrogen (secondary N) is 1. The number of esters is 1. The monoisotopic (exact) mass is 485 g/mol. The van der Waals surface area contributed by atoms with Gasteiger partial charge in [0.2, 0.25) is 0 Å². The van der Waals surface area contributed by atoms with Gasteiger partial charge in [0, 0.05) is 45.1 Å². The lowest BCUT2D eigenvalue weighted by molar-refractivity contribution is -0.141. The Balaban J connectivity index is 1.67. The molecule has 174 valence electrons. The number of hydrogen-bond donors (Lipinski definition) is 1. The van der Waals surface area contributed by atoms with Gasteiger partial charge in [-0.15, -0.1) is 11.3 Å². The van der Waals surface area contributed by atoms with Gasteiger partial charge in [-0.3, -0.25) is 4.79 Å². The maximum absolute atomic E-state index is 13.5. The van der Waals surface area contributed by atoms with Gasteiger partial charge < -0.3 is 14.8 Å². The zero-order chi connectivity index (χ0) is 23.5. The Kier molecular flexibility index (Phi) is 7.37. The largest absolute Gasteiger partial charge is 0.460 e. The molecule has 1 aliphatic carbocycles. The van der Waals surface area contributed by atoms with E-state index < -0.39 is 11.9 Å². The Bertz CT molecular complexity index is 1090. The van der Waals surface area contributed by atoms with Crippen LogP contribution in [0.15, 0.2) is 64.3 Å². The van der Waals surface area contributed by atoms with Crippen molar-refractivity contribution < 1.29 is 19.1 Å². The molecule has 0 radical (unpaired) electrons. The molecule has 0 amide bonds. The van der Waals surface area contributed by atoms with Crippen LogP contribution in [-0.2, 0) is 19.1 Å². The van der Waals surface area contributed by atoms with Crippen molar-refractivity contribution in [1.29, 1.82) is 0 Å². The van der Waals surface area contributed by atoms with E-state index >= 15 is 0 Å². The molecule has 7 heteroatoms. The van der Waals surface area contributed by atoms with E-state index in [1.165, 1.54) is 4.88 Å². The molecular weight excluding hydrogens is 458 g/mol.